The molecule has 8 nitrogen and oxygen atoms in total. The monoisotopic (exact) mass is 509 g/mol. The van der Waals surface area contributed by atoms with Gasteiger partial charge in [0.2, 0.25) is 21.8 Å². The van der Waals surface area contributed by atoms with Gasteiger partial charge in [-0.1, -0.05) is 35.9 Å². The number of carbonyl (C=O) groups is 2. The van der Waals surface area contributed by atoms with E-state index < -0.39 is 28.5 Å². The van der Waals surface area contributed by atoms with E-state index in [-0.39, 0.29) is 29.9 Å². The van der Waals surface area contributed by atoms with Gasteiger partial charge in [-0.2, -0.15) is 0 Å². The summed E-state index contributed by atoms with van der Waals surface area (Å²) < 4.78 is 31.7. The van der Waals surface area contributed by atoms with Gasteiger partial charge in [-0.25, -0.2) is 8.42 Å². The molecule has 0 aromatic heterocycles. The summed E-state index contributed by atoms with van der Waals surface area (Å²) in [6.45, 7) is 6.81. The fourth-order valence-electron chi connectivity index (χ4n) is 3.41. The molecule has 1 N–H and O–H groups in total. The van der Waals surface area contributed by atoms with Gasteiger partial charge in [-0.15, -0.1) is 0 Å². The summed E-state index contributed by atoms with van der Waals surface area (Å²) in [5, 5.41) is 3.11. The zero-order chi connectivity index (χ0) is 25.6. The van der Waals surface area contributed by atoms with Crippen LogP contribution in [-0.4, -0.2) is 57.1 Å². The average molecular weight is 510 g/mol. The normalized spacial score (nSPS) is 12.2. The summed E-state index contributed by atoms with van der Waals surface area (Å²) in [5.74, 6) is -0.621. The molecule has 10 heteroatoms. The lowest BCUT2D eigenvalue weighted by molar-refractivity contribution is -0.139. The Hall–Kier alpha value is -2.78. The Morgan fingerprint density at radius 2 is 1.76 bits per heavy atom. The largest absolute Gasteiger partial charge is 0.495 e. The standard InChI is InChI=1S/C24H32ClN3O5S/c1-16(2)26-24(30)18(4)27(14-19-10-8-7-9-17(19)3)23(29)15-28(34(6,31)32)21-13-20(25)11-12-22(21)33-5/h7-13,16,18H,14-15H2,1-6H3,(H,26,30)/t18-/m1/s1. The summed E-state index contributed by atoms with van der Waals surface area (Å²) in [7, 11) is -2.49. The van der Waals surface area contributed by atoms with Gasteiger partial charge in [0.25, 0.3) is 0 Å². The van der Waals surface area contributed by atoms with Crippen LogP contribution in [-0.2, 0) is 26.2 Å². The molecular formula is C24H32ClN3O5S. The average Bonchev–Trinajstić information content (AvgIpc) is 2.75. The molecule has 2 aromatic rings. The van der Waals surface area contributed by atoms with Crippen molar-refractivity contribution in [3.8, 4) is 5.75 Å². The number of amides is 2. The van der Waals surface area contributed by atoms with Gasteiger partial charge in [-0.05, 0) is 57.0 Å². The van der Waals surface area contributed by atoms with Crippen molar-refractivity contribution in [3.63, 3.8) is 0 Å². The molecule has 2 aromatic carbocycles. The van der Waals surface area contributed by atoms with Crippen molar-refractivity contribution < 1.29 is 22.7 Å². The zero-order valence-electron chi connectivity index (χ0n) is 20.3. The summed E-state index contributed by atoms with van der Waals surface area (Å²) in [4.78, 5) is 27.8. The number of hydrogen-bond donors (Lipinski definition) is 1. The number of rotatable bonds is 10. The van der Waals surface area contributed by atoms with Crippen molar-refractivity contribution >= 4 is 39.1 Å². The van der Waals surface area contributed by atoms with E-state index in [1.54, 1.807) is 13.0 Å². The predicted molar refractivity (Wildman–Crippen MR) is 135 cm³/mol. The summed E-state index contributed by atoms with van der Waals surface area (Å²) in [5.41, 5.74) is 1.94. The van der Waals surface area contributed by atoms with Gasteiger partial charge < -0.3 is 15.0 Å². The molecule has 2 amide bonds. The molecule has 0 fully saturated rings. The molecule has 186 valence electrons. The molecule has 1 atom stereocenters. The second kappa shape index (κ2) is 11.6. The molecule has 0 saturated heterocycles. The van der Waals surface area contributed by atoms with E-state index in [0.717, 1.165) is 21.7 Å². The zero-order valence-corrected chi connectivity index (χ0v) is 21.9. The number of aryl methyl sites for hydroxylation is 1. The number of ether oxygens (including phenoxy) is 1. The van der Waals surface area contributed by atoms with Crippen LogP contribution in [0.2, 0.25) is 5.02 Å². The highest BCUT2D eigenvalue weighted by Crippen LogP contribution is 2.33. The number of anilines is 1. The van der Waals surface area contributed by atoms with Crippen LogP contribution >= 0.6 is 11.6 Å². The molecule has 0 spiro atoms. The van der Waals surface area contributed by atoms with Crippen molar-refractivity contribution in [2.45, 2.75) is 46.3 Å². The topological polar surface area (TPSA) is 96.0 Å². The first-order chi connectivity index (χ1) is 15.8. The van der Waals surface area contributed by atoms with Crippen molar-refractivity contribution in [1.29, 1.82) is 0 Å². The maximum absolute atomic E-state index is 13.6. The number of methoxy groups -OCH3 is 1. The maximum atomic E-state index is 13.6. The van der Waals surface area contributed by atoms with E-state index >= 15 is 0 Å². The molecule has 0 heterocycles. The third kappa shape index (κ3) is 7.11. The SMILES string of the molecule is COc1ccc(Cl)cc1N(CC(=O)N(Cc1ccccc1C)[C@H](C)C(=O)NC(C)C)S(C)(=O)=O. The second-order valence-corrected chi connectivity index (χ2v) is 10.7. The van der Waals surface area contributed by atoms with Crippen LogP contribution in [0.4, 0.5) is 5.69 Å². The predicted octanol–water partition coefficient (Wildman–Crippen LogP) is 3.36. The van der Waals surface area contributed by atoms with Crippen molar-refractivity contribution in [2.24, 2.45) is 0 Å². The first kappa shape index (κ1) is 27.5. The number of hydrogen-bond acceptors (Lipinski definition) is 5. The highest BCUT2D eigenvalue weighted by Gasteiger charge is 2.31. The van der Waals surface area contributed by atoms with Gasteiger partial charge in [-0.3, -0.25) is 13.9 Å². The fourth-order valence-corrected chi connectivity index (χ4v) is 4.42. The van der Waals surface area contributed by atoms with Gasteiger partial charge in [0.1, 0.15) is 18.3 Å². The lowest BCUT2D eigenvalue weighted by Gasteiger charge is -2.32. The third-order valence-corrected chi connectivity index (χ3v) is 6.65. The quantitative estimate of drug-likeness (QED) is 0.529. The van der Waals surface area contributed by atoms with Crippen LogP contribution in [0.1, 0.15) is 31.9 Å². The molecule has 2 rings (SSSR count). The molecule has 0 bridgehead atoms. The Kier molecular flexibility index (Phi) is 9.35. The van der Waals surface area contributed by atoms with E-state index in [9.17, 15) is 18.0 Å². The van der Waals surface area contributed by atoms with Crippen LogP contribution in [0.5, 0.6) is 5.75 Å². The van der Waals surface area contributed by atoms with E-state index in [4.69, 9.17) is 16.3 Å². The number of benzene rings is 2. The number of nitrogens with zero attached hydrogens (tertiary/aromatic N) is 2. The lowest BCUT2D eigenvalue weighted by atomic mass is 10.1. The van der Waals surface area contributed by atoms with Gasteiger partial charge in [0, 0.05) is 17.6 Å². The molecule has 0 radical (unpaired) electrons. The molecular weight excluding hydrogens is 478 g/mol. The van der Waals surface area contributed by atoms with Gasteiger partial charge in [0.05, 0.1) is 19.1 Å². The summed E-state index contributed by atoms with van der Waals surface area (Å²) >= 11 is 6.11. The molecule has 0 unspecified atom stereocenters. The molecule has 0 aliphatic heterocycles. The Balaban J connectivity index is 2.48. The van der Waals surface area contributed by atoms with Gasteiger partial charge >= 0.3 is 0 Å². The molecule has 0 aliphatic rings. The highest BCUT2D eigenvalue weighted by atomic mass is 35.5. The molecule has 34 heavy (non-hydrogen) atoms. The Morgan fingerprint density at radius 1 is 1.12 bits per heavy atom. The number of sulfonamides is 1. The first-order valence-corrected chi connectivity index (χ1v) is 13.0. The van der Waals surface area contributed by atoms with Gasteiger partial charge in [0.15, 0.2) is 0 Å². The van der Waals surface area contributed by atoms with E-state index in [1.807, 2.05) is 45.0 Å². The summed E-state index contributed by atoms with van der Waals surface area (Å²) in [6.07, 6.45) is 1.00. The molecule has 0 saturated carbocycles. The summed E-state index contributed by atoms with van der Waals surface area (Å²) in [6, 6.07) is 11.1. The Labute approximate surface area is 206 Å². The Bertz CT molecular complexity index is 1140. The maximum Gasteiger partial charge on any atom is 0.244 e. The number of halogens is 1. The first-order valence-electron chi connectivity index (χ1n) is 10.8. The van der Waals surface area contributed by atoms with Crippen molar-refractivity contribution in [1.82, 2.24) is 10.2 Å². The minimum Gasteiger partial charge on any atom is -0.495 e. The minimum atomic E-state index is -3.90. The van der Waals surface area contributed by atoms with Crippen molar-refractivity contribution in [2.75, 3.05) is 24.2 Å². The van der Waals surface area contributed by atoms with E-state index in [2.05, 4.69) is 5.32 Å². The molecule has 0 aliphatic carbocycles. The number of carbonyl (C=O) groups excluding carboxylic acids is 2. The van der Waals surface area contributed by atoms with Crippen LogP contribution in [0.3, 0.4) is 0 Å². The Morgan fingerprint density at radius 3 is 2.32 bits per heavy atom. The van der Waals surface area contributed by atoms with Crippen LogP contribution < -0.4 is 14.4 Å². The third-order valence-electron chi connectivity index (χ3n) is 5.29. The smallest absolute Gasteiger partial charge is 0.244 e. The second-order valence-electron chi connectivity index (χ2n) is 8.37. The van der Waals surface area contributed by atoms with Crippen LogP contribution in [0.25, 0.3) is 0 Å². The van der Waals surface area contributed by atoms with Crippen LogP contribution in [0, 0.1) is 6.92 Å². The van der Waals surface area contributed by atoms with E-state index in [1.165, 1.54) is 24.1 Å². The lowest BCUT2D eigenvalue weighted by Crippen LogP contribution is -2.52. The van der Waals surface area contributed by atoms with E-state index in [0.29, 0.717) is 5.02 Å². The van der Waals surface area contributed by atoms with Crippen molar-refractivity contribution in [3.05, 3.63) is 58.6 Å². The minimum absolute atomic E-state index is 0.117. The number of nitrogens with one attached hydrogen (secondary N) is 1. The van der Waals surface area contributed by atoms with Crippen LogP contribution in [0.15, 0.2) is 42.5 Å². The fraction of sp³-hybridized carbons (Fsp3) is 0.417. The highest BCUT2D eigenvalue weighted by molar-refractivity contribution is 7.92.